The summed E-state index contributed by atoms with van der Waals surface area (Å²) in [4.78, 5) is 27.0. The van der Waals surface area contributed by atoms with Gasteiger partial charge < -0.3 is 15.0 Å². The van der Waals surface area contributed by atoms with Gasteiger partial charge in [-0.25, -0.2) is 0 Å². The minimum Gasteiger partial charge on any atom is -0.395 e. The highest BCUT2D eigenvalue weighted by Crippen LogP contribution is 2.00. The summed E-state index contributed by atoms with van der Waals surface area (Å²) in [6.07, 6.45) is 0.808. The fourth-order valence-electron chi connectivity index (χ4n) is 1.45. The van der Waals surface area contributed by atoms with Crippen LogP contribution < -0.4 is 5.56 Å². The molecular formula is C11H16N2O3. The number of rotatable bonds is 5. The minimum absolute atomic E-state index is 0.0805. The van der Waals surface area contributed by atoms with Crippen LogP contribution in [0.3, 0.4) is 0 Å². The highest BCUT2D eigenvalue weighted by atomic mass is 16.3. The van der Waals surface area contributed by atoms with Gasteiger partial charge in [-0.1, -0.05) is 13.0 Å². The first kappa shape index (κ1) is 12.4. The van der Waals surface area contributed by atoms with Crippen LogP contribution in [0.25, 0.3) is 0 Å². The summed E-state index contributed by atoms with van der Waals surface area (Å²) >= 11 is 0. The molecule has 16 heavy (non-hydrogen) atoms. The van der Waals surface area contributed by atoms with Crippen LogP contribution in [0.4, 0.5) is 0 Å². The third-order valence-electron chi connectivity index (χ3n) is 2.15. The number of aromatic nitrogens is 1. The molecule has 0 saturated heterocycles. The minimum atomic E-state index is -0.300. The van der Waals surface area contributed by atoms with Crippen LogP contribution in [-0.4, -0.2) is 40.6 Å². The van der Waals surface area contributed by atoms with E-state index in [0.29, 0.717) is 6.54 Å². The molecule has 1 rings (SSSR count). The number of carbonyl (C=O) groups is 1. The molecule has 1 heterocycles. The van der Waals surface area contributed by atoms with Crippen molar-refractivity contribution in [2.24, 2.45) is 0 Å². The average Bonchev–Trinajstić information content (AvgIpc) is 2.28. The number of carbonyl (C=O) groups excluding carboxylic acids is 1. The van der Waals surface area contributed by atoms with E-state index in [-0.39, 0.29) is 30.3 Å². The predicted octanol–water partition coefficient (Wildman–Crippen LogP) is 0.219. The van der Waals surface area contributed by atoms with Gasteiger partial charge in [0, 0.05) is 19.2 Å². The first-order chi connectivity index (χ1) is 7.69. The SMILES string of the molecule is CCCN(CCO)C(=O)c1cccc(=O)[nH]1. The molecular weight excluding hydrogens is 208 g/mol. The predicted molar refractivity (Wildman–Crippen MR) is 60.3 cm³/mol. The third-order valence-corrected chi connectivity index (χ3v) is 2.15. The molecule has 2 N–H and O–H groups in total. The van der Waals surface area contributed by atoms with Crippen molar-refractivity contribution in [1.82, 2.24) is 9.88 Å². The van der Waals surface area contributed by atoms with E-state index < -0.39 is 0 Å². The molecule has 5 nitrogen and oxygen atoms in total. The Morgan fingerprint density at radius 2 is 2.19 bits per heavy atom. The number of pyridine rings is 1. The molecule has 88 valence electrons. The zero-order valence-corrected chi connectivity index (χ0v) is 9.27. The van der Waals surface area contributed by atoms with Gasteiger partial charge in [0.2, 0.25) is 5.56 Å². The van der Waals surface area contributed by atoms with Gasteiger partial charge >= 0.3 is 0 Å². The van der Waals surface area contributed by atoms with Crippen molar-refractivity contribution in [3.05, 3.63) is 34.2 Å². The molecule has 0 aliphatic heterocycles. The van der Waals surface area contributed by atoms with E-state index in [1.54, 1.807) is 6.07 Å². The number of amides is 1. The maximum absolute atomic E-state index is 11.9. The topological polar surface area (TPSA) is 73.4 Å². The Hall–Kier alpha value is -1.62. The monoisotopic (exact) mass is 224 g/mol. The fourth-order valence-corrected chi connectivity index (χ4v) is 1.45. The van der Waals surface area contributed by atoms with Crippen LogP contribution in [-0.2, 0) is 0 Å². The molecule has 0 spiro atoms. The molecule has 0 aliphatic carbocycles. The lowest BCUT2D eigenvalue weighted by Gasteiger charge is -2.20. The van der Waals surface area contributed by atoms with Crippen molar-refractivity contribution >= 4 is 5.91 Å². The molecule has 0 saturated carbocycles. The Bertz CT molecular complexity index is 394. The lowest BCUT2D eigenvalue weighted by atomic mass is 10.3. The van der Waals surface area contributed by atoms with E-state index in [4.69, 9.17) is 5.11 Å². The van der Waals surface area contributed by atoms with Gasteiger partial charge in [0.25, 0.3) is 5.91 Å². The maximum Gasteiger partial charge on any atom is 0.270 e. The standard InChI is InChI=1S/C11H16N2O3/c1-2-6-13(7-8-14)11(16)9-4-3-5-10(15)12-9/h3-5,14H,2,6-8H2,1H3,(H,12,15). The Balaban J connectivity index is 2.85. The third kappa shape index (κ3) is 3.20. The zero-order chi connectivity index (χ0) is 12.0. The smallest absolute Gasteiger partial charge is 0.270 e. The highest BCUT2D eigenvalue weighted by molar-refractivity contribution is 5.92. The van der Waals surface area contributed by atoms with E-state index in [9.17, 15) is 9.59 Å². The van der Waals surface area contributed by atoms with E-state index in [2.05, 4.69) is 4.98 Å². The fraction of sp³-hybridized carbons (Fsp3) is 0.455. The summed E-state index contributed by atoms with van der Waals surface area (Å²) in [7, 11) is 0. The number of hydrogen-bond donors (Lipinski definition) is 2. The molecule has 0 atom stereocenters. The van der Waals surface area contributed by atoms with Crippen LogP contribution in [0.1, 0.15) is 23.8 Å². The second kappa shape index (κ2) is 6.07. The van der Waals surface area contributed by atoms with Crippen LogP contribution in [0, 0.1) is 0 Å². The van der Waals surface area contributed by atoms with Crippen LogP contribution in [0.2, 0.25) is 0 Å². The van der Waals surface area contributed by atoms with Gasteiger partial charge in [-0.05, 0) is 12.5 Å². The Kier molecular flexibility index (Phi) is 4.72. The number of hydrogen-bond acceptors (Lipinski definition) is 3. The van der Waals surface area contributed by atoms with Gasteiger partial charge in [0.15, 0.2) is 0 Å². The number of aliphatic hydroxyl groups excluding tert-OH is 1. The number of aromatic amines is 1. The van der Waals surface area contributed by atoms with E-state index in [1.807, 2.05) is 6.92 Å². The average molecular weight is 224 g/mol. The summed E-state index contributed by atoms with van der Waals surface area (Å²) in [5.41, 5.74) is -0.0410. The summed E-state index contributed by atoms with van der Waals surface area (Å²) in [6.45, 7) is 2.72. The normalized spacial score (nSPS) is 10.1. The first-order valence-corrected chi connectivity index (χ1v) is 5.28. The van der Waals surface area contributed by atoms with E-state index in [0.717, 1.165) is 6.42 Å². The molecule has 0 radical (unpaired) electrons. The van der Waals surface area contributed by atoms with Crippen molar-refractivity contribution in [3.8, 4) is 0 Å². The number of nitrogens with zero attached hydrogens (tertiary/aromatic N) is 1. The summed E-state index contributed by atoms with van der Waals surface area (Å²) < 4.78 is 0. The molecule has 0 bridgehead atoms. The van der Waals surface area contributed by atoms with Crippen molar-refractivity contribution in [2.75, 3.05) is 19.7 Å². The highest BCUT2D eigenvalue weighted by Gasteiger charge is 2.14. The summed E-state index contributed by atoms with van der Waals surface area (Å²) in [5, 5.41) is 8.85. The second-order valence-corrected chi connectivity index (χ2v) is 3.44. The van der Waals surface area contributed by atoms with Gasteiger partial charge in [-0.15, -0.1) is 0 Å². The molecule has 0 aliphatic rings. The second-order valence-electron chi connectivity index (χ2n) is 3.44. The summed E-state index contributed by atoms with van der Waals surface area (Å²) in [6, 6.07) is 4.45. The van der Waals surface area contributed by atoms with Gasteiger partial charge in [-0.2, -0.15) is 0 Å². The zero-order valence-electron chi connectivity index (χ0n) is 9.27. The lowest BCUT2D eigenvalue weighted by Crippen LogP contribution is -2.35. The van der Waals surface area contributed by atoms with Crippen LogP contribution in [0.15, 0.2) is 23.0 Å². The lowest BCUT2D eigenvalue weighted by molar-refractivity contribution is 0.0716. The number of nitrogens with one attached hydrogen (secondary N) is 1. The molecule has 1 aromatic rings. The van der Waals surface area contributed by atoms with Crippen molar-refractivity contribution < 1.29 is 9.90 Å². The van der Waals surface area contributed by atoms with Crippen molar-refractivity contribution in [3.63, 3.8) is 0 Å². The maximum atomic E-state index is 11.9. The number of H-pyrrole nitrogens is 1. The van der Waals surface area contributed by atoms with Gasteiger partial charge in [0.1, 0.15) is 5.69 Å². The first-order valence-electron chi connectivity index (χ1n) is 5.28. The quantitative estimate of drug-likeness (QED) is 0.751. The number of aliphatic hydroxyl groups is 1. The van der Waals surface area contributed by atoms with Crippen LogP contribution >= 0.6 is 0 Å². The molecule has 0 unspecified atom stereocenters. The van der Waals surface area contributed by atoms with E-state index >= 15 is 0 Å². The Morgan fingerprint density at radius 1 is 1.44 bits per heavy atom. The van der Waals surface area contributed by atoms with E-state index in [1.165, 1.54) is 17.0 Å². The molecule has 1 aromatic heterocycles. The van der Waals surface area contributed by atoms with Crippen molar-refractivity contribution in [1.29, 1.82) is 0 Å². The molecule has 1 amide bonds. The summed E-state index contributed by atoms with van der Waals surface area (Å²) in [5.74, 6) is -0.256. The Labute approximate surface area is 93.7 Å². The Morgan fingerprint density at radius 3 is 2.75 bits per heavy atom. The van der Waals surface area contributed by atoms with Crippen LogP contribution in [0.5, 0.6) is 0 Å². The molecule has 5 heteroatoms. The molecule has 0 aromatic carbocycles. The largest absolute Gasteiger partial charge is 0.395 e. The molecule has 0 fully saturated rings. The van der Waals surface area contributed by atoms with Gasteiger partial charge in [0.05, 0.1) is 6.61 Å². The van der Waals surface area contributed by atoms with Crippen molar-refractivity contribution in [2.45, 2.75) is 13.3 Å². The van der Waals surface area contributed by atoms with Gasteiger partial charge in [-0.3, -0.25) is 9.59 Å².